The van der Waals surface area contributed by atoms with Crippen LogP contribution in [0.4, 0.5) is 0 Å². The van der Waals surface area contributed by atoms with Crippen LogP contribution >= 0.6 is 0 Å². The van der Waals surface area contributed by atoms with E-state index < -0.39 is 0 Å². The quantitative estimate of drug-likeness (QED) is 0.540. The van der Waals surface area contributed by atoms with Crippen molar-refractivity contribution in [1.29, 1.82) is 0 Å². The van der Waals surface area contributed by atoms with Gasteiger partial charge in [0, 0.05) is 32.5 Å². The molecule has 2 aromatic rings. The van der Waals surface area contributed by atoms with Crippen molar-refractivity contribution >= 4 is 5.96 Å². The Morgan fingerprint density at radius 2 is 2.08 bits per heavy atom. The highest BCUT2D eigenvalue weighted by molar-refractivity contribution is 5.79. The third kappa shape index (κ3) is 4.36. The Labute approximate surface area is 148 Å². The zero-order chi connectivity index (χ0) is 17.5. The topological polar surface area (TPSA) is 87.4 Å². The van der Waals surface area contributed by atoms with Gasteiger partial charge in [0.2, 0.25) is 0 Å². The van der Waals surface area contributed by atoms with E-state index in [1.54, 1.807) is 7.05 Å². The summed E-state index contributed by atoms with van der Waals surface area (Å²) < 4.78 is 2.20. The molecule has 1 unspecified atom stereocenters. The maximum atomic E-state index is 9.66. The van der Waals surface area contributed by atoms with Crippen molar-refractivity contribution in [2.24, 2.45) is 4.99 Å². The summed E-state index contributed by atoms with van der Waals surface area (Å²) >= 11 is 0. The molecular weight excluding hydrogens is 316 g/mol. The van der Waals surface area contributed by atoms with Crippen LogP contribution in [0.1, 0.15) is 36.0 Å². The third-order valence-electron chi connectivity index (χ3n) is 4.58. The number of hydrogen-bond acceptors (Lipinski definition) is 4. The molecular formula is C18H26N6O. The molecule has 134 valence electrons. The van der Waals surface area contributed by atoms with E-state index in [2.05, 4.69) is 30.4 Å². The first kappa shape index (κ1) is 17.4. The molecule has 1 aliphatic rings. The second kappa shape index (κ2) is 8.62. The van der Waals surface area contributed by atoms with E-state index in [1.807, 2.05) is 30.3 Å². The van der Waals surface area contributed by atoms with Gasteiger partial charge in [-0.05, 0) is 18.4 Å². The second-order valence-corrected chi connectivity index (χ2v) is 6.24. The van der Waals surface area contributed by atoms with E-state index in [0.29, 0.717) is 19.0 Å². The molecule has 0 radical (unpaired) electrons. The van der Waals surface area contributed by atoms with Crippen LogP contribution in [0.15, 0.2) is 35.3 Å². The highest BCUT2D eigenvalue weighted by atomic mass is 16.3. The smallest absolute Gasteiger partial charge is 0.191 e. The van der Waals surface area contributed by atoms with Gasteiger partial charge in [0.1, 0.15) is 5.82 Å². The fraction of sp³-hybridized carbons (Fsp3) is 0.500. The fourth-order valence-electron chi connectivity index (χ4n) is 3.12. The SMILES string of the molecule is CN=C(NCc1nnc2n1CCCC2)NCC(CO)c1ccccc1. The number of aliphatic hydroxyl groups is 1. The van der Waals surface area contributed by atoms with Crippen molar-refractivity contribution in [3.05, 3.63) is 47.5 Å². The monoisotopic (exact) mass is 342 g/mol. The highest BCUT2D eigenvalue weighted by Crippen LogP contribution is 2.14. The molecule has 0 saturated carbocycles. The van der Waals surface area contributed by atoms with Crippen LogP contribution in [-0.4, -0.2) is 46.0 Å². The van der Waals surface area contributed by atoms with Crippen LogP contribution in [0.2, 0.25) is 0 Å². The van der Waals surface area contributed by atoms with Crippen LogP contribution in [0.3, 0.4) is 0 Å². The molecule has 1 aliphatic heterocycles. The zero-order valence-corrected chi connectivity index (χ0v) is 14.6. The number of nitrogens with one attached hydrogen (secondary N) is 2. The van der Waals surface area contributed by atoms with Crippen molar-refractivity contribution in [2.45, 2.75) is 38.3 Å². The number of aromatic nitrogens is 3. The van der Waals surface area contributed by atoms with Gasteiger partial charge in [-0.3, -0.25) is 4.99 Å². The summed E-state index contributed by atoms with van der Waals surface area (Å²) in [7, 11) is 1.74. The number of nitrogens with zero attached hydrogens (tertiary/aromatic N) is 4. The molecule has 0 fully saturated rings. The Hall–Kier alpha value is -2.41. The van der Waals surface area contributed by atoms with Crippen LogP contribution in [-0.2, 0) is 19.5 Å². The van der Waals surface area contributed by atoms with Gasteiger partial charge in [-0.15, -0.1) is 10.2 Å². The second-order valence-electron chi connectivity index (χ2n) is 6.24. The Kier molecular flexibility index (Phi) is 6.00. The summed E-state index contributed by atoms with van der Waals surface area (Å²) in [5, 5.41) is 24.8. The molecule has 1 aromatic carbocycles. The van der Waals surface area contributed by atoms with Crippen molar-refractivity contribution in [3.8, 4) is 0 Å². The van der Waals surface area contributed by atoms with Crippen LogP contribution < -0.4 is 10.6 Å². The van der Waals surface area contributed by atoms with Gasteiger partial charge in [0.25, 0.3) is 0 Å². The maximum Gasteiger partial charge on any atom is 0.191 e. The molecule has 7 heteroatoms. The number of aryl methyl sites for hydroxylation is 1. The molecule has 1 atom stereocenters. The Morgan fingerprint density at radius 1 is 1.24 bits per heavy atom. The molecule has 0 saturated heterocycles. The minimum Gasteiger partial charge on any atom is -0.396 e. The first-order valence-electron chi connectivity index (χ1n) is 8.83. The lowest BCUT2D eigenvalue weighted by Gasteiger charge is -2.19. The van der Waals surface area contributed by atoms with Crippen molar-refractivity contribution in [3.63, 3.8) is 0 Å². The molecule has 1 aromatic heterocycles. The number of fused-ring (bicyclic) bond motifs is 1. The first-order valence-corrected chi connectivity index (χ1v) is 8.83. The van der Waals surface area contributed by atoms with Crippen LogP contribution in [0.25, 0.3) is 0 Å². The number of benzene rings is 1. The lowest BCUT2D eigenvalue weighted by molar-refractivity contribution is 0.265. The van der Waals surface area contributed by atoms with E-state index >= 15 is 0 Å². The zero-order valence-electron chi connectivity index (χ0n) is 14.6. The van der Waals surface area contributed by atoms with E-state index in [4.69, 9.17) is 0 Å². The number of hydrogen-bond donors (Lipinski definition) is 3. The number of guanidine groups is 1. The predicted octanol–water partition coefficient (Wildman–Crippen LogP) is 1.06. The summed E-state index contributed by atoms with van der Waals surface area (Å²) in [6.07, 6.45) is 3.38. The van der Waals surface area contributed by atoms with Gasteiger partial charge in [0.15, 0.2) is 11.8 Å². The number of aliphatic imine (C=N–C) groups is 1. The molecule has 0 spiro atoms. The minimum atomic E-state index is 0.0283. The molecule has 0 aliphatic carbocycles. The summed E-state index contributed by atoms with van der Waals surface area (Å²) in [5.74, 6) is 2.75. The van der Waals surface area contributed by atoms with Crippen LogP contribution in [0.5, 0.6) is 0 Å². The molecule has 0 bridgehead atoms. The third-order valence-corrected chi connectivity index (χ3v) is 4.58. The number of rotatable bonds is 6. The molecule has 3 rings (SSSR count). The van der Waals surface area contributed by atoms with Crippen LogP contribution in [0, 0.1) is 0 Å². The minimum absolute atomic E-state index is 0.0283. The Morgan fingerprint density at radius 3 is 2.84 bits per heavy atom. The van der Waals surface area contributed by atoms with Gasteiger partial charge in [-0.25, -0.2) is 0 Å². The fourth-order valence-corrected chi connectivity index (χ4v) is 3.12. The van der Waals surface area contributed by atoms with Crippen molar-refractivity contribution in [2.75, 3.05) is 20.2 Å². The van der Waals surface area contributed by atoms with Gasteiger partial charge < -0.3 is 20.3 Å². The standard InChI is InChI=1S/C18H26N6O/c1-19-18(20-11-15(13-25)14-7-3-2-4-8-14)21-12-17-23-22-16-9-5-6-10-24(16)17/h2-4,7-8,15,25H,5-6,9-13H2,1H3,(H2,19,20,21). The molecule has 0 amide bonds. The first-order chi connectivity index (χ1) is 12.3. The summed E-state index contributed by atoms with van der Waals surface area (Å²) in [5.41, 5.74) is 1.11. The van der Waals surface area contributed by atoms with Crippen molar-refractivity contribution < 1.29 is 5.11 Å². The summed E-state index contributed by atoms with van der Waals surface area (Å²) in [6, 6.07) is 10.0. The normalized spacial score (nSPS) is 15.5. The number of aliphatic hydroxyl groups excluding tert-OH is 1. The lowest BCUT2D eigenvalue weighted by Crippen LogP contribution is -2.40. The lowest BCUT2D eigenvalue weighted by atomic mass is 10.0. The van der Waals surface area contributed by atoms with Gasteiger partial charge in [-0.1, -0.05) is 30.3 Å². The van der Waals surface area contributed by atoms with Crippen molar-refractivity contribution in [1.82, 2.24) is 25.4 Å². The average molecular weight is 342 g/mol. The molecule has 3 N–H and O–H groups in total. The van der Waals surface area contributed by atoms with E-state index in [1.165, 1.54) is 12.8 Å². The Bertz CT molecular complexity index is 697. The Balaban J connectivity index is 1.54. The summed E-state index contributed by atoms with van der Waals surface area (Å²) in [6.45, 7) is 2.28. The van der Waals surface area contributed by atoms with Gasteiger partial charge >= 0.3 is 0 Å². The highest BCUT2D eigenvalue weighted by Gasteiger charge is 2.16. The molecule has 25 heavy (non-hydrogen) atoms. The summed E-state index contributed by atoms with van der Waals surface area (Å²) in [4.78, 5) is 4.25. The van der Waals surface area contributed by atoms with Gasteiger partial charge in [-0.2, -0.15) is 0 Å². The van der Waals surface area contributed by atoms with E-state index in [9.17, 15) is 5.11 Å². The maximum absolute atomic E-state index is 9.66. The van der Waals surface area contributed by atoms with Gasteiger partial charge in [0.05, 0.1) is 13.2 Å². The van der Waals surface area contributed by atoms with E-state index in [-0.39, 0.29) is 12.5 Å². The van der Waals surface area contributed by atoms with E-state index in [0.717, 1.165) is 30.2 Å². The average Bonchev–Trinajstić information content (AvgIpc) is 3.09. The largest absolute Gasteiger partial charge is 0.396 e. The predicted molar refractivity (Wildman–Crippen MR) is 97.4 cm³/mol. The molecule has 7 nitrogen and oxygen atoms in total. The molecule has 2 heterocycles.